The molecular formula is C27H35NO4. The molecule has 1 heterocycles. The number of hydrogen-bond donors (Lipinski definition) is 0. The molecule has 0 unspecified atom stereocenters. The number of nitrogens with zero attached hydrogens (tertiary/aromatic N) is 1. The van der Waals surface area contributed by atoms with Crippen molar-refractivity contribution in [2.24, 2.45) is 4.99 Å². The molecule has 0 saturated carbocycles. The van der Waals surface area contributed by atoms with Crippen LogP contribution in [-0.4, -0.2) is 42.3 Å². The molecule has 0 aromatic heterocycles. The van der Waals surface area contributed by atoms with E-state index in [1.54, 1.807) is 0 Å². The van der Waals surface area contributed by atoms with Gasteiger partial charge >= 0.3 is 5.97 Å². The lowest BCUT2D eigenvalue weighted by Gasteiger charge is -2.24. The summed E-state index contributed by atoms with van der Waals surface area (Å²) in [4.78, 5) is 18.1. The van der Waals surface area contributed by atoms with Crippen LogP contribution >= 0.6 is 0 Å². The molecule has 0 amide bonds. The number of benzene rings is 2. The molecule has 5 heteroatoms. The van der Waals surface area contributed by atoms with Crippen molar-refractivity contribution in [3.8, 4) is 0 Å². The molecule has 1 saturated heterocycles. The van der Waals surface area contributed by atoms with Crippen LogP contribution < -0.4 is 0 Å². The number of rotatable bonds is 9. The van der Waals surface area contributed by atoms with Gasteiger partial charge in [0, 0.05) is 17.5 Å². The first-order valence-corrected chi connectivity index (χ1v) is 11.5. The highest BCUT2D eigenvalue weighted by Gasteiger charge is 2.31. The fourth-order valence-electron chi connectivity index (χ4n) is 3.75. The summed E-state index contributed by atoms with van der Waals surface area (Å²) in [5, 5.41) is 0. The zero-order chi connectivity index (χ0) is 23.0. The molecule has 0 aliphatic carbocycles. The average Bonchev–Trinajstić information content (AvgIpc) is 3.20. The van der Waals surface area contributed by atoms with Crippen LogP contribution in [0.15, 0.2) is 65.7 Å². The van der Waals surface area contributed by atoms with Crippen molar-refractivity contribution >= 4 is 11.7 Å². The van der Waals surface area contributed by atoms with Crippen molar-refractivity contribution in [3.63, 3.8) is 0 Å². The van der Waals surface area contributed by atoms with Gasteiger partial charge in [-0.2, -0.15) is 0 Å². The predicted molar refractivity (Wildman–Crippen MR) is 127 cm³/mol. The molecular weight excluding hydrogens is 402 g/mol. The maximum Gasteiger partial charge on any atom is 0.331 e. The number of carbonyl (C=O) groups excluding carboxylic acids is 1. The topological polar surface area (TPSA) is 57.1 Å². The molecule has 0 spiro atoms. The molecule has 0 radical (unpaired) electrons. The van der Waals surface area contributed by atoms with E-state index in [1.807, 2.05) is 88.4 Å². The minimum atomic E-state index is -0.581. The van der Waals surface area contributed by atoms with Crippen LogP contribution in [0.5, 0.6) is 0 Å². The van der Waals surface area contributed by atoms with Gasteiger partial charge in [-0.3, -0.25) is 4.99 Å². The molecule has 1 atom stereocenters. The summed E-state index contributed by atoms with van der Waals surface area (Å²) in [7, 11) is 0. The summed E-state index contributed by atoms with van der Waals surface area (Å²) in [6.45, 7) is 8.91. The fraction of sp³-hybridized carbons (Fsp3) is 0.481. The van der Waals surface area contributed by atoms with E-state index in [2.05, 4.69) is 0 Å². The van der Waals surface area contributed by atoms with Gasteiger partial charge in [0.1, 0.15) is 11.6 Å². The fourth-order valence-corrected chi connectivity index (χ4v) is 3.75. The third-order valence-corrected chi connectivity index (χ3v) is 5.31. The molecule has 1 aliphatic heterocycles. The van der Waals surface area contributed by atoms with Gasteiger partial charge in [0.25, 0.3) is 0 Å². The SMILES string of the molecule is CC(C)(C)OC(=O)[C@@H](CCCCC1(C)OCCO1)N=C(c1ccccc1)c1ccccc1. The Morgan fingerprint density at radius 1 is 0.969 bits per heavy atom. The second kappa shape index (κ2) is 10.9. The Morgan fingerprint density at radius 2 is 1.50 bits per heavy atom. The first-order valence-electron chi connectivity index (χ1n) is 11.5. The average molecular weight is 438 g/mol. The summed E-state index contributed by atoms with van der Waals surface area (Å²) in [5.74, 6) is -0.800. The third kappa shape index (κ3) is 7.28. The van der Waals surface area contributed by atoms with Gasteiger partial charge < -0.3 is 14.2 Å². The van der Waals surface area contributed by atoms with Crippen LogP contribution in [-0.2, 0) is 19.0 Å². The highest BCUT2D eigenvalue weighted by molar-refractivity contribution is 6.13. The summed E-state index contributed by atoms with van der Waals surface area (Å²) in [5.41, 5.74) is 2.19. The molecule has 0 bridgehead atoms. The van der Waals surface area contributed by atoms with E-state index in [0.717, 1.165) is 36.1 Å². The van der Waals surface area contributed by atoms with Crippen molar-refractivity contribution in [2.45, 2.75) is 70.8 Å². The minimum absolute atomic E-state index is 0.290. The van der Waals surface area contributed by atoms with Gasteiger partial charge in [-0.15, -0.1) is 0 Å². The first kappa shape index (κ1) is 24.1. The molecule has 172 valence electrons. The van der Waals surface area contributed by atoms with Crippen LogP contribution in [0.1, 0.15) is 64.5 Å². The smallest absolute Gasteiger partial charge is 0.331 e. The van der Waals surface area contributed by atoms with Crippen LogP contribution in [0.2, 0.25) is 0 Å². The lowest BCUT2D eigenvalue weighted by molar-refractivity contribution is -0.156. The normalized spacial score (nSPS) is 16.4. The molecule has 1 aliphatic rings. The van der Waals surface area contributed by atoms with Gasteiger partial charge in [-0.05, 0) is 40.5 Å². The third-order valence-electron chi connectivity index (χ3n) is 5.31. The van der Waals surface area contributed by atoms with E-state index >= 15 is 0 Å². The van der Waals surface area contributed by atoms with E-state index in [9.17, 15) is 4.79 Å². The van der Waals surface area contributed by atoms with Gasteiger partial charge in [0.05, 0.1) is 18.9 Å². The van der Waals surface area contributed by atoms with Crippen molar-refractivity contribution in [1.82, 2.24) is 0 Å². The van der Waals surface area contributed by atoms with Crippen LogP contribution in [0.3, 0.4) is 0 Å². The van der Waals surface area contributed by atoms with Gasteiger partial charge in [0.2, 0.25) is 0 Å². The van der Waals surface area contributed by atoms with Gasteiger partial charge in [0.15, 0.2) is 5.79 Å². The van der Waals surface area contributed by atoms with Crippen molar-refractivity contribution in [3.05, 3.63) is 71.8 Å². The van der Waals surface area contributed by atoms with Gasteiger partial charge in [-0.1, -0.05) is 67.1 Å². The number of carbonyl (C=O) groups is 1. The number of ether oxygens (including phenoxy) is 3. The van der Waals surface area contributed by atoms with E-state index in [0.29, 0.717) is 19.6 Å². The Balaban J connectivity index is 1.82. The minimum Gasteiger partial charge on any atom is -0.458 e. The van der Waals surface area contributed by atoms with Gasteiger partial charge in [-0.25, -0.2) is 4.79 Å². The van der Waals surface area contributed by atoms with E-state index in [1.165, 1.54) is 0 Å². The summed E-state index contributed by atoms with van der Waals surface area (Å²) >= 11 is 0. The van der Waals surface area contributed by atoms with Crippen molar-refractivity contribution in [2.75, 3.05) is 13.2 Å². The first-order chi connectivity index (χ1) is 15.3. The largest absolute Gasteiger partial charge is 0.458 e. The molecule has 0 N–H and O–H groups in total. The number of hydrogen-bond acceptors (Lipinski definition) is 5. The summed E-state index contributed by atoms with van der Waals surface area (Å²) < 4.78 is 17.1. The maximum absolute atomic E-state index is 13.1. The van der Waals surface area contributed by atoms with Crippen LogP contribution in [0.4, 0.5) is 0 Å². The quantitative estimate of drug-likeness (QED) is 0.293. The zero-order valence-electron chi connectivity index (χ0n) is 19.7. The Bertz CT molecular complexity index is 839. The Labute approximate surface area is 191 Å². The van der Waals surface area contributed by atoms with Crippen molar-refractivity contribution in [1.29, 1.82) is 0 Å². The van der Waals surface area contributed by atoms with E-state index in [4.69, 9.17) is 19.2 Å². The lowest BCUT2D eigenvalue weighted by Crippen LogP contribution is -2.32. The molecule has 3 rings (SSSR count). The van der Waals surface area contributed by atoms with Crippen molar-refractivity contribution < 1.29 is 19.0 Å². The second-order valence-corrected chi connectivity index (χ2v) is 9.34. The monoisotopic (exact) mass is 437 g/mol. The highest BCUT2D eigenvalue weighted by Crippen LogP contribution is 2.26. The van der Waals surface area contributed by atoms with E-state index in [-0.39, 0.29) is 5.97 Å². The van der Waals surface area contributed by atoms with Crippen LogP contribution in [0, 0.1) is 0 Å². The number of aliphatic imine (C=N–C) groups is 1. The van der Waals surface area contributed by atoms with E-state index < -0.39 is 17.4 Å². The van der Waals surface area contributed by atoms with Crippen LogP contribution in [0.25, 0.3) is 0 Å². The Morgan fingerprint density at radius 3 is 2.00 bits per heavy atom. The molecule has 32 heavy (non-hydrogen) atoms. The molecule has 1 fully saturated rings. The zero-order valence-corrected chi connectivity index (χ0v) is 19.7. The lowest BCUT2D eigenvalue weighted by atomic mass is 10.0. The maximum atomic E-state index is 13.1. The Kier molecular flexibility index (Phi) is 8.21. The Hall–Kier alpha value is -2.50. The summed E-state index contributed by atoms with van der Waals surface area (Å²) in [6, 6.07) is 19.4. The molecule has 5 nitrogen and oxygen atoms in total. The predicted octanol–water partition coefficient (Wildman–Crippen LogP) is 5.56. The molecule has 2 aromatic carbocycles. The second-order valence-electron chi connectivity index (χ2n) is 9.34. The summed E-state index contributed by atoms with van der Waals surface area (Å²) in [6.07, 6.45) is 3.11. The number of esters is 1. The molecule has 2 aromatic rings. The standard InChI is InChI=1S/C27H35NO4/c1-26(2,3)32-25(29)23(17-11-12-18-27(4)30-19-20-31-27)28-24(21-13-7-5-8-14-21)22-15-9-6-10-16-22/h5-10,13-16,23H,11-12,17-20H2,1-4H3/t23-/m1/s1. The highest BCUT2D eigenvalue weighted by atomic mass is 16.7. The number of unbranched alkanes of at least 4 members (excludes halogenated alkanes) is 1.